The molecule has 15 atom stereocenters. The Kier molecular flexibility index (Phi) is 42.3. The molecular formula is C81H123N21O23S2. The van der Waals surface area contributed by atoms with Crippen molar-refractivity contribution in [1.82, 2.24) is 78.5 Å². The van der Waals surface area contributed by atoms with E-state index in [0.717, 1.165) is 4.90 Å². The van der Waals surface area contributed by atoms with Crippen LogP contribution in [0.15, 0.2) is 53.5 Å². The standard InChI is InChI=1S/C81H123N21O23S2/c1-39(2)29-49(92-69(113)51(32-44-19-23-46(104)24-20-44)91-66(110)47(82)31-43-17-21-45(103)22-18-43)67(111)93-52(33-60(83)105)70(114)98-64(41(5)6)76(120)97-56(38-127)72(116)90-48(13-9-25-87-81(85)86)77(121)100-26-11-15-58(100)74(118)94-50(30-40(3)4)68(112)95-53(34-61(84)106)78(122)101-27-12-16-59(101)75(119)99-65(42(7)8)79(123)102-28-10-14-57(102)73(117)88-36-62(107)89-55(37-126)71(115)96-54(80(124)125)35-63(108)109/h17-24,39-42,47-59,64-65,103-104,126-127H,9-16,25-38,82H2,1-8H3,(H2,83,105)(H2,84,106)(H,88,117)(H,89,107)(H,90,116)(H,91,110)(H,92,113)(H,93,111)(H,94,118)(H,95,112)(H,96,115)(H,97,120)(H,98,114)(H,99,119)(H,108,109)(H,124,125)(H4,85,86,87)/t47-,48-,49-,50-,51-,52-,53-,54-,55-,56-,57-,58-,59-,64-,65-/m0/s1. The number of thiol groups is 2. The van der Waals surface area contributed by atoms with Crippen LogP contribution in [0.2, 0.25) is 0 Å². The Bertz CT molecular complexity index is 4290. The molecule has 5 rings (SSSR count). The predicted octanol–water partition coefficient (Wildman–Crippen LogP) is -5.74. The van der Waals surface area contributed by atoms with Crippen molar-refractivity contribution in [1.29, 1.82) is 0 Å². The van der Waals surface area contributed by atoms with E-state index >= 15 is 0 Å². The second kappa shape index (κ2) is 50.9. The Morgan fingerprint density at radius 3 is 1.29 bits per heavy atom. The maximum Gasteiger partial charge on any atom is 0.326 e. The van der Waals surface area contributed by atoms with Crippen molar-refractivity contribution in [2.45, 2.75) is 242 Å². The number of aliphatic imine (C=N–C) groups is 1. The highest BCUT2D eigenvalue weighted by Crippen LogP contribution is 2.26. The molecule has 46 heteroatoms. The second-order valence-corrected chi connectivity index (χ2v) is 33.8. The van der Waals surface area contributed by atoms with Crippen molar-refractivity contribution in [3.05, 3.63) is 59.7 Å². The first kappa shape index (κ1) is 105. The Morgan fingerprint density at radius 2 is 0.819 bits per heavy atom. The molecule has 127 heavy (non-hydrogen) atoms. The Hall–Kier alpha value is -12.1. The van der Waals surface area contributed by atoms with Gasteiger partial charge in [0.2, 0.25) is 100 Å². The molecule has 0 aromatic heterocycles. The number of nitrogens with one attached hydrogen (secondary N) is 12. The number of hydrogen-bond donors (Lipinski definition) is 23. The van der Waals surface area contributed by atoms with Gasteiger partial charge in [0.05, 0.1) is 31.8 Å². The van der Waals surface area contributed by atoms with Crippen LogP contribution in [0.25, 0.3) is 0 Å². The Morgan fingerprint density at radius 1 is 0.425 bits per heavy atom. The monoisotopic (exact) mass is 1820 g/mol. The molecule has 3 saturated heterocycles. The molecule has 0 radical (unpaired) electrons. The summed E-state index contributed by atoms with van der Waals surface area (Å²) in [4.78, 5) is 268. The van der Waals surface area contributed by atoms with Crippen molar-refractivity contribution >= 4 is 144 Å². The Labute approximate surface area is 745 Å². The largest absolute Gasteiger partial charge is 0.508 e. The van der Waals surface area contributed by atoms with Gasteiger partial charge in [-0.2, -0.15) is 25.3 Å². The van der Waals surface area contributed by atoms with E-state index in [0.29, 0.717) is 17.5 Å². The maximum atomic E-state index is 15.0. The van der Waals surface area contributed by atoms with Crippen LogP contribution in [0.1, 0.15) is 150 Å². The number of phenols is 2. The van der Waals surface area contributed by atoms with E-state index in [-0.39, 0.29) is 132 Å². The van der Waals surface area contributed by atoms with Crippen LogP contribution in [0.5, 0.6) is 11.5 Å². The van der Waals surface area contributed by atoms with Gasteiger partial charge in [-0.3, -0.25) is 91.3 Å². The predicted molar refractivity (Wildman–Crippen MR) is 464 cm³/mol. The van der Waals surface area contributed by atoms with Crippen molar-refractivity contribution in [2.75, 3.05) is 44.2 Å². The lowest BCUT2D eigenvalue weighted by molar-refractivity contribution is -0.147. The van der Waals surface area contributed by atoms with Crippen LogP contribution in [0.4, 0.5) is 0 Å². The van der Waals surface area contributed by atoms with Gasteiger partial charge in [0.15, 0.2) is 5.96 Å². The van der Waals surface area contributed by atoms with E-state index in [2.05, 4.69) is 88.7 Å². The number of amides is 17. The number of nitrogens with two attached hydrogens (primary N) is 5. The molecule has 3 fully saturated rings. The molecule has 0 bridgehead atoms. The van der Waals surface area contributed by atoms with E-state index in [1.165, 1.54) is 60.0 Å². The third-order valence-electron chi connectivity index (χ3n) is 21.1. The summed E-state index contributed by atoms with van der Waals surface area (Å²) in [6, 6.07) is -10.2. The summed E-state index contributed by atoms with van der Waals surface area (Å²) in [5, 5.41) is 68.2. The van der Waals surface area contributed by atoms with Crippen molar-refractivity contribution in [3.8, 4) is 11.5 Å². The molecule has 0 saturated carbocycles. The quantitative estimate of drug-likeness (QED) is 0.0127. The summed E-state index contributed by atoms with van der Waals surface area (Å²) < 4.78 is 0. The van der Waals surface area contributed by atoms with E-state index in [4.69, 9.17) is 33.8 Å². The van der Waals surface area contributed by atoms with Crippen LogP contribution < -0.4 is 92.5 Å². The number of aliphatic carboxylic acids is 2. The highest BCUT2D eigenvalue weighted by molar-refractivity contribution is 7.80. The maximum absolute atomic E-state index is 15.0. The number of guanidine groups is 1. The lowest BCUT2D eigenvalue weighted by Gasteiger charge is -2.33. The number of phenolic OH excluding ortho intramolecular Hbond substituents is 2. The first-order valence-electron chi connectivity index (χ1n) is 41.9. The third-order valence-corrected chi connectivity index (χ3v) is 21.8. The SMILES string of the molecule is CC(C)C[C@H](NC(=O)[C@H](Cc1ccc(O)cc1)NC(=O)[C@@H](N)Cc1ccc(O)cc1)C(=O)N[C@@H](CC(N)=O)C(=O)N[C@H](C(=O)N[C@@H](CS)C(=O)N[C@@H](CCCN=C(N)N)C(=O)N1CCC[C@H]1C(=O)N[C@@H](CC(C)C)C(=O)N[C@@H](CC(N)=O)C(=O)N1CCC[C@H]1C(=O)N[C@H](C(=O)N1CCC[C@H]1C(=O)NCC(=O)N[C@@H](CS)C(=O)N[C@@H](CC(=O)O)C(=O)O)C(C)C)C(C)C. The average Bonchev–Trinajstić information content (AvgIpc) is 1.71. The fourth-order valence-electron chi connectivity index (χ4n) is 14.5. The lowest BCUT2D eigenvalue weighted by Crippen LogP contribution is -2.62. The van der Waals surface area contributed by atoms with Gasteiger partial charge in [0.1, 0.15) is 96.1 Å². The molecule has 3 aliphatic heterocycles. The number of nitrogens with zero attached hydrogens (tertiary/aromatic N) is 4. The van der Waals surface area contributed by atoms with Crippen molar-refractivity contribution in [3.63, 3.8) is 0 Å². The fraction of sp³-hybridized carbons (Fsp3) is 0.605. The molecule has 17 amide bonds. The molecule has 2 aromatic carbocycles. The summed E-state index contributed by atoms with van der Waals surface area (Å²) >= 11 is 8.36. The summed E-state index contributed by atoms with van der Waals surface area (Å²) in [5.74, 6) is -22.1. The average molecular weight is 1820 g/mol. The number of hydrogen-bond acceptors (Lipinski definition) is 25. The second-order valence-electron chi connectivity index (χ2n) is 33.1. The van der Waals surface area contributed by atoms with Crippen LogP contribution >= 0.6 is 25.3 Å². The van der Waals surface area contributed by atoms with E-state index < -0.39 is 246 Å². The Balaban J connectivity index is 1.27. The number of benzene rings is 2. The number of carboxylic acids is 2. The van der Waals surface area contributed by atoms with E-state index in [9.17, 15) is 106 Å². The fourth-order valence-corrected chi connectivity index (χ4v) is 15.1. The lowest BCUT2D eigenvalue weighted by atomic mass is 9.99. The molecule has 0 unspecified atom stereocenters. The summed E-state index contributed by atoms with van der Waals surface area (Å²) in [5.41, 5.74) is 29.9. The zero-order valence-corrected chi connectivity index (χ0v) is 74.0. The van der Waals surface area contributed by atoms with Gasteiger partial charge in [-0.25, -0.2) is 4.79 Å². The normalized spacial score (nSPS) is 17.7. The smallest absolute Gasteiger partial charge is 0.326 e. The van der Waals surface area contributed by atoms with Gasteiger partial charge in [-0.15, -0.1) is 0 Å². The highest BCUT2D eigenvalue weighted by Gasteiger charge is 2.46. The van der Waals surface area contributed by atoms with Gasteiger partial charge in [-0.05, 0) is 130 Å². The highest BCUT2D eigenvalue weighted by atomic mass is 32.1. The molecule has 0 spiro atoms. The zero-order chi connectivity index (χ0) is 95.0. The van der Waals surface area contributed by atoms with Crippen molar-refractivity contribution < 1.29 is 112 Å². The summed E-state index contributed by atoms with van der Waals surface area (Å²) in [6.45, 7) is 12.3. The van der Waals surface area contributed by atoms with Gasteiger partial charge >= 0.3 is 11.9 Å². The number of primary amides is 2. The molecular weight excluding hydrogens is 1700 g/mol. The number of carbonyl (C=O) groups excluding carboxylic acids is 17. The topological polar surface area (TPSA) is 702 Å². The summed E-state index contributed by atoms with van der Waals surface area (Å²) in [7, 11) is 0. The van der Waals surface area contributed by atoms with E-state index in [1.807, 2.05) is 5.32 Å². The van der Waals surface area contributed by atoms with Crippen LogP contribution in [-0.4, -0.2) is 288 Å². The first-order valence-corrected chi connectivity index (χ1v) is 43.1. The van der Waals surface area contributed by atoms with Gasteiger partial charge in [0.25, 0.3) is 0 Å². The zero-order valence-electron chi connectivity index (χ0n) is 72.3. The molecule has 26 N–H and O–H groups in total. The molecule has 44 nitrogen and oxygen atoms in total. The third kappa shape index (κ3) is 33.6. The minimum Gasteiger partial charge on any atom is -0.508 e. The number of aromatic hydroxyl groups is 2. The molecule has 3 heterocycles. The molecule has 2 aromatic rings. The minimum atomic E-state index is -1.83. The number of rotatable bonds is 50. The molecule has 0 aliphatic carbocycles. The number of carboxylic acid groups (broad SMARTS) is 2. The first-order chi connectivity index (χ1) is 59.7. The van der Waals surface area contributed by atoms with Gasteiger partial charge in [0, 0.05) is 44.1 Å². The minimum absolute atomic E-state index is 0.00224. The molecule has 702 valence electrons. The number of carbonyl (C=O) groups is 19. The van der Waals surface area contributed by atoms with Gasteiger partial charge < -0.3 is 128 Å². The molecule has 3 aliphatic rings. The van der Waals surface area contributed by atoms with Crippen molar-refractivity contribution in [2.24, 2.45) is 57.3 Å². The summed E-state index contributed by atoms with van der Waals surface area (Å²) in [6.07, 6.45) is -2.01. The van der Waals surface area contributed by atoms with Crippen LogP contribution in [0.3, 0.4) is 0 Å². The van der Waals surface area contributed by atoms with Crippen LogP contribution in [0, 0.1) is 23.7 Å². The number of likely N-dealkylation sites (tertiary alicyclic amines) is 3. The van der Waals surface area contributed by atoms with Crippen LogP contribution in [-0.2, 0) is 104 Å². The van der Waals surface area contributed by atoms with Gasteiger partial charge in [-0.1, -0.05) is 79.7 Å². The van der Waals surface area contributed by atoms with E-state index in [1.54, 1.807) is 53.7 Å².